The molecular weight excluding hydrogens is 412 g/mol. The summed E-state index contributed by atoms with van der Waals surface area (Å²) in [5.41, 5.74) is 0.604. The van der Waals surface area contributed by atoms with Gasteiger partial charge in [0.15, 0.2) is 5.78 Å². The number of aliphatic carboxylic acids is 1. The summed E-state index contributed by atoms with van der Waals surface area (Å²) in [6.07, 6.45) is 2.26. The van der Waals surface area contributed by atoms with Crippen molar-refractivity contribution in [3.63, 3.8) is 0 Å². The predicted molar refractivity (Wildman–Crippen MR) is 119 cm³/mol. The van der Waals surface area contributed by atoms with Gasteiger partial charge >= 0.3 is 12.1 Å². The van der Waals surface area contributed by atoms with Crippen LogP contribution >= 0.6 is 0 Å². The molecule has 1 saturated heterocycles. The third-order valence-corrected chi connectivity index (χ3v) is 5.72. The molecule has 1 N–H and O–H groups in total. The highest BCUT2D eigenvalue weighted by Gasteiger charge is 2.37. The molecule has 1 aromatic heterocycles. The van der Waals surface area contributed by atoms with Crippen molar-refractivity contribution in [2.45, 2.75) is 45.6 Å². The van der Waals surface area contributed by atoms with Crippen LogP contribution in [0, 0.1) is 11.8 Å². The smallest absolute Gasteiger partial charge is 0.410 e. The minimum absolute atomic E-state index is 0.0654. The van der Waals surface area contributed by atoms with Crippen molar-refractivity contribution in [2.75, 3.05) is 20.2 Å². The number of rotatable bonds is 6. The lowest BCUT2D eigenvalue weighted by molar-refractivity contribution is -0.145. The Balaban J connectivity index is 1.69. The van der Waals surface area contributed by atoms with Crippen LogP contribution in [0.1, 0.15) is 50.4 Å². The predicted octanol–water partition coefficient (Wildman–Crippen LogP) is 4.16. The first-order valence-corrected chi connectivity index (χ1v) is 10.8. The second-order valence-corrected chi connectivity index (χ2v) is 9.12. The number of fused-ring (bicyclic) bond motifs is 1. The Bertz CT molecular complexity index is 1010. The maximum atomic E-state index is 13.0. The van der Waals surface area contributed by atoms with Crippen LogP contribution < -0.4 is 4.74 Å². The summed E-state index contributed by atoms with van der Waals surface area (Å²) in [6.45, 7) is 5.81. The van der Waals surface area contributed by atoms with Crippen molar-refractivity contribution in [3.8, 4) is 5.75 Å². The highest BCUT2D eigenvalue weighted by molar-refractivity contribution is 6.07. The van der Waals surface area contributed by atoms with Crippen LogP contribution in [0.2, 0.25) is 0 Å². The number of benzene rings is 1. The number of piperidine rings is 1. The molecule has 1 aliphatic heterocycles. The van der Waals surface area contributed by atoms with Gasteiger partial charge < -0.3 is 19.5 Å². The van der Waals surface area contributed by atoms with Crippen molar-refractivity contribution in [1.82, 2.24) is 9.88 Å². The number of nitrogens with zero attached hydrogens (tertiary/aromatic N) is 2. The van der Waals surface area contributed by atoms with Gasteiger partial charge in [0, 0.05) is 36.7 Å². The zero-order chi connectivity index (χ0) is 23.5. The molecule has 0 unspecified atom stereocenters. The van der Waals surface area contributed by atoms with E-state index in [0.29, 0.717) is 41.6 Å². The molecule has 2 atom stereocenters. The summed E-state index contributed by atoms with van der Waals surface area (Å²) in [6, 6.07) is 7.07. The molecule has 32 heavy (non-hydrogen) atoms. The monoisotopic (exact) mass is 442 g/mol. The Labute approximate surface area is 187 Å². The van der Waals surface area contributed by atoms with Gasteiger partial charge in [-0.3, -0.25) is 14.6 Å². The zero-order valence-electron chi connectivity index (χ0n) is 19.0. The number of amides is 1. The van der Waals surface area contributed by atoms with E-state index in [2.05, 4.69) is 4.98 Å². The minimum Gasteiger partial charge on any atom is -0.497 e. The Morgan fingerprint density at radius 3 is 2.62 bits per heavy atom. The number of hydrogen-bond donors (Lipinski definition) is 1. The van der Waals surface area contributed by atoms with Gasteiger partial charge in [-0.1, -0.05) is 0 Å². The van der Waals surface area contributed by atoms with Gasteiger partial charge in [-0.25, -0.2) is 4.79 Å². The first-order chi connectivity index (χ1) is 15.1. The number of ether oxygens (including phenoxy) is 2. The number of ketones is 1. The molecule has 0 radical (unpaired) electrons. The van der Waals surface area contributed by atoms with Crippen molar-refractivity contribution in [3.05, 3.63) is 36.0 Å². The second-order valence-electron chi connectivity index (χ2n) is 9.12. The van der Waals surface area contributed by atoms with Crippen LogP contribution in [0.15, 0.2) is 30.5 Å². The van der Waals surface area contributed by atoms with Gasteiger partial charge in [0.05, 0.1) is 18.5 Å². The average Bonchev–Trinajstić information content (AvgIpc) is 2.75. The van der Waals surface area contributed by atoms with Gasteiger partial charge in [0.25, 0.3) is 0 Å². The van der Waals surface area contributed by atoms with E-state index in [1.165, 1.54) is 4.90 Å². The van der Waals surface area contributed by atoms with Gasteiger partial charge in [-0.05, 0) is 63.8 Å². The number of pyridine rings is 1. The van der Waals surface area contributed by atoms with E-state index in [1.807, 2.05) is 0 Å². The number of likely N-dealkylation sites (tertiary alicyclic amines) is 1. The number of aromatic nitrogens is 1. The molecule has 8 heteroatoms. The van der Waals surface area contributed by atoms with Gasteiger partial charge in [0.1, 0.15) is 11.4 Å². The van der Waals surface area contributed by atoms with E-state index < -0.39 is 23.6 Å². The van der Waals surface area contributed by atoms with Crippen molar-refractivity contribution in [1.29, 1.82) is 0 Å². The summed E-state index contributed by atoms with van der Waals surface area (Å²) in [4.78, 5) is 43.0. The molecule has 0 aliphatic carbocycles. The number of carbonyl (C=O) groups is 3. The summed E-state index contributed by atoms with van der Waals surface area (Å²) in [5, 5.41) is 10.5. The lowest BCUT2D eigenvalue weighted by atomic mass is 9.81. The van der Waals surface area contributed by atoms with E-state index in [1.54, 1.807) is 58.3 Å². The normalized spacial score (nSPS) is 18.9. The van der Waals surface area contributed by atoms with Gasteiger partial charge in [-0.2, -0.15) is 0 Å². The zero-order valence-corrected chi connectivity index (χ0v) is 19.0. The van der Waals surface area contributed by atoms with E-state index >= 15 is 0 Å². The van der Waals surface area contributed by atoms with Crippen LogP contribution in [0.3, 0.4) is 0 Å². The maximum absolute atomic E-state index is 13.0. The summed E-state index contributed by atoms with van der Waals surface area (Å²) in [7, 11) is 1.56. The molecule has 0 spiro atoms. The molecule has 1 aliphatic rings. The largest absolute Gasteiger partial charge is 0.497 e. The van der Waals surface area contributed by atoms with E-state index in [0.717, 1.165) is 0 Å². The third-order valence-electron chi connectivity index (χ3n) is 5.72. The van der Waals surface area contributed by atoms with E-state index in [-0.39, 0.29) is 24.7 Å². The highest BCUT2D eigenvalue weighted by Crippen LogP contribution is 2.30. The average molecular weight is 443 g/mol. The third kappa shape index (κ3) is 5.55. The highest BCUT2D eigenvalue weighted by atomic mass is 16.6. The lowest BCUT2D eigenvalue weighted by Gasteiger charge is -2.37. The Morgan fingerprint density at radius 2 is 1.97 bits per heavy atom. The lowest BCUT2D eigenvalue weighted by Crippen LogP contribution is -2.48. The fourth-order valence-electron chi connectivity index (χ4n) is 4.06. The number of methoxy groups -OCH3 is 1. The van der Waals surface area contributed by atoms with E-state index in [4.69, 9.17) is 9.47 Å². The van der Waals surface area contributed by atoms with Gasteiger partial charge in [-0.15, -0.1) is 0 Å². The van der Waals surface area contributed by atoms with Crippen molar-refractivity contribution >= 4 is 28.7 Å². The summed E-state index contributed by atoms with van der Waals surface area (Å²) in [5.74, 6) is -1.32. The Kier molecular flexibility index (Phi) is 7.01. The van der Waals surface area contributed by atoms with Crippen molar-refractivity contribution < 1.29 is 29.0 Å². The molecule has 2 aromatic rings. The SMILES string of the molecule is COc1ccc2nccc(C(=O)CC[C@H]3CCN(C(=O)OC(C)(C)C)C[C@H]3C(=O)O)c2c1. The first kappa shape index (κ1) is 23.5. The molecule has 2 heterocycles. The molecule has 0 saturated carbocycles. The van der Waals surface area contributed by atoms with Crippen LogP contribution in [0.5, 0.6) is 5.75 Å². The number of hydrogen-bond acceptors (Lipinski definition) is 6. The Hall–Kier alpha value is -3.16. The van der Waals surface area contributed by atoms with Crippen LogP contribution in [-0.4, -0.2) is 58.6 Å². The molecule has 1 aromatic carbocycles. The number of carboxylic acids is 1. The molecule has 3 rings (SSSR count). The Morgan fingerprint density at radius 1 is 1.22 bits per heavy atom. The molecule has 8 nitrogen and oxygen atoms in total. The fourth-order valence-corrected chi connectivity index (χ4v) is 4.06. The van der Waals surface area contributed by atoms with Crippen LogP contribution in [-0.2, 0) is 9.53 Å². The standard InChI is InChI=1S/C24H30N2O6/c1-24(2,3)32-23(30)26-12-10-15(19(14-26)22(28)29)5-8-21(27)17-9-11-25-20-7-6-16(31-4)13-18(17)20/h6-7,9,11,13,15,19H,5,8,10,12,14H2,1-4H3,(H,28,29)/t15-,19+/m0/s1. The second kappa shape index (κ2) is 9.54. The first-order valence-electron chi connectivity index (χ1n) is 10.8. The molecule has 172 valence electrons. The number of carboxylic acid groups (broad SMARTS) is 1. The summed E-state index contributed by atoms with van der Waals surface area (Å²) < 4.78 is 10.6. The number of carbonyl (C=O) groups excluding carboxylic acids is 2. The van der Waals surface area contributed by atoms with Gasteiger partial charge in [0.2, 0.25) is 0 Å². The fraction of sp³-hybridized carbons (Fsp3) is 0.500. The maximum Gasteiger partial charge on any atom is 0.410 e. The topological polar surface area (TPSA) is 106 Å². The van der Waals surface area contributed by atoms with E-state index in [9.17, 15) is 19.5 Å². The van der Waals surface area contributed by atoms with Crippen LogP contribution in [0.4, 0.5) is 4.79 Å². The quantitative estimate of drug-likeness (QED) is 0.670. The molecule has 0 bridgehead atoms. The van der Waals surface area contributed by atoms with Crippen LogP contribution in [0.25, 0.3) is 10.9 Å². The number of Topliss-reactive ketones (excluding diaryl/α,β-unsaturated/α-hetero) is 1. The minimum atomic E-state index is -0.963. The molecular formula is C24H30N2O6. The molecule has 1 amide bonds. The summed E-state index contributed by atoms with van der Waals surface area (Å²) >= 11 is 0. The van der Waals surface area contributed by atoms with Crippen molar-refractivity contribution in [2.24, 2.45) is 11.8 Å². The molecule has 1 fully saturated rings.